The van der Waals surface area contributed by atoms with Crippen molar-refractivity contribution in [3.63, 3.8) is 0 Å². The number of rotatable bonds is 6. The number of benzene rings is 2. The van der Waals surface area contributed by atoms with Crippen molar-refractivity contribution in [3.05, 3.63) is 58.1 Å². The summed E-state index contributed by atoms with van der Waals surface area (Å²) in [5.74, 6) is 2.49. The molecule has 3 rings (SSSR count). The molecule has 0 bridgehead atoms. The molecule has 2 aromatic carbocycles. The number of carbonyl (C=O) groups excluding carboxylic acids is 1. The van der Waals surface area contributed by atoms with E-state index in [-0.39, 0.29) is 5.91 Å². The fourth-order valence-electron chi connectivity index (χ4n) is 2.70. The van der Waals surface area contributed by atoms with Gasteiger partial charge in [0.05, 0.1) is 24.0 Å². The Hall–Kier alpha value is -1.85. The lowest BCUT2D eigenvalue weighted by Gasteiger charge is -2.12. The highest BCUT2D eigenvalue weighted by molar-refractivity contribution is 7.99. The zero-order valence-electron chi connectivity index (χ0n) is 14.7. The Morgan fingerprint density at radius 1 is 1.19 bits per heavy atom. The van der Waals surface area contributed by atoms with E-state index in [1.807, 2.05) is 18.2 Å². The number of amides is 1. The van der Waals surface area contributed by atoms with Crippen LogP contribution in [0.4, 0.5) is 0 Å². The Morgan fingerprint density at radius 2 is 2.04 bits per heavy atom. The summed E-state index contributed by atoms with van der Waals surface area (Å²) in [5, 5.41) is 3.45. The van der Waals surface area contributed by atoms with Gasteiger partial charge in [-0.05, 0) is 30.2 Å². The molecule has 0 aromatic heterocycles. The maximum atomic E-state index is 12.1. The number of fused-ring (bicyclic) bond motifs is 1. The summed E-state index contributed by atoms with van der Waals surface area (Å²) in [6.45, 7) is 3.69. The van der Waals surface area contributed by atoms with E-state index in [1.165, 1.54) is 11.1 Å². The van der Waals surface area contributed by atoms with Crippen molar-refractivity contribution in [2.24, 2.45) is 0 Å². The maximum Gasteiger partial charge on any atom is 0.230 e. The quantitative estimate of drug-likeness (QED) is 0.794. The molecule has 0 unspecified atom stereocenters. The number of thioether (sulfide) groups is 1. The lowest BCUT2D eigenvalue weighted by Crippen LogP contribution is -2.24. The van der Waals surface area contributed by atoms with Gasteiger partial charge in [0, 0.05) is 18.7 Å². The molecule has 4 nitrogen and oxygen atoms in total. The van der Waals surface area contributed by atoms with Crippen LogP contribution < -0.4 is 14.8 Å². The second-order valence-corrected chi connectivity index (χ2v) is 7.61. The van der Waals surface area contributed by atoms with Crippen LogP contribution in [0, 0.1) is 6.92 Å². The van der Waals surface area contributed by atoms with E-state index in [0.717, 1.165) is 17.7 Å². The fourth-order valence-corrected chi connectivity index (χ4v) is 3.79. The molecule has 0 aliphatic carbocycles. The summed E-state index contributed by atoms with van der Waals surface area (Å²) in [7, 11) is 0. The highest BCUT2D eigenvalue weighted by Gasteiger charge is 2.15. The summed E-state index contributed by atoms with van der Waals surface area (Å²) >= 11 is 7.88. The highest BCUT2D eigenvalue weighted by atomic mass is 35.5. The summed E-state index contributed by atoms with van der Waals surface area (Å²) in [6.07, 6.45) is 0.829. The van der Waals surface area contributed by atoms with Crippen LogP contribution in [-0.2, 0) is 17.1 Å². The van der Waals surface area contributed by atoms with Crippen molar-refractivity contribution in [2.45, 2.75) is 25.6 Å². The van der Waals surface area contributed by atoms with Crippen molar-refractivity contribution >= 4 is 29.3 Å². The predicted octanol–water partition coefficient (Wildman–Crippen LogP) is 4.36. The molecule has 1 amide bonds. The first-order chi connectivity index (χ1) is 12.6. The molecule has 0 atom stereocenters. The Bertz CT molecular complexity index is 782. The number of hydrogen-bond donors (Lipinski definition) is 1. The summed E-state index contributed by atoms with van der Waals surface area (Å²) in [4.78, 5) is 12.1. The largest absolute Gasteiger partial charge is 0.489 e. The second-order valence-electron chi connectivity index (χ2n) is 6.21. The topological polar surface area (TPSA) is 47.6 Å². The van der Waals surface area contributed by atoms with Gasteiger partial charge in [-0.3, -0.25) is 4.79 Å². The number of nitrogens with one attached hydrogen (secondary N) is 1. The third-order valence-corrected chi connectivity index (χ3v) is 5.22. The molecule has 26 heavy (non-hydrogen) atoms. The Labute approximate surface area is 163 Å². The van der Waals surface area contributed by atoms with Gasteiger partial charge in [-0.15, -0.1) is 11.8 Å². The molecule has 0 spiro atoms. The van der Waals surface area contributed by atoms with E-state index in [9.17, 15) is 4.79 Å². The molecule has 1 aliphatic rings. The van der Waals surface area contributed by atoms with Crippen molar-refractivity contribution in [1.82, 2.24) is 5.32 Å². The van der Waals surface area contributed by atoms with Gasteiger partial charge in [-0.1, -0.05) is 41.4 Å². The van der Waals surface area contributed by atoms with Gasteiger partial charge in [0.1, 0.15) is 0 Å². The number of carbonyl (C=O) groups is 1. The van der Waals surface area contributed by atoms with Crippen LogP contribution in [0.25, 0.3) is 0 Å². The first-order valence-corrected chi connectivity index (χ1v) is 10.1. The van der Waals surface area contributed by atoms with Crippen molar-refractivity contribution in [2.75, 3.05) is 19.0 Å². The minimum Gasteiger partial charge on any atom is -0.489 e. The van der Waals surface area contributed by atoms with Gasteiger partial charge in [0.25, 0.3) is 0 Å². The molecule has 138 valence electrons. The van der Waals surface area contributed by atoms with Crippen LogP contribution in [-0.4, -0.2) is 24.9 Å². The van der Waals surface area contributed by atoms with E-state index < -0.39 is 0 Å². The molecule has 0 saturated heterocycles. The van der Waals surface area contributed by atoms with Gasteiger partial charge in [0.2, 0.25) is 5.91 Å². The molecule has 1 heterocycles. The van der Waals surface area contributed by atoms with Crippen molar-refractivity contribution < 1.29 is 14.3 Å². The molecule has 0 fully saturated rings. The maximum absolute atomic E-state index is 12.1. The van der Waals surface area contributed by atoms with Crippen LogP contribution in [0.3, 0.4) is 0 Å². The number of aryl methyl sites for hydroxylation is 1. The molecule has 1 aliphatic heterocycles. The zero-order chi connectivity index (χ0) is 18.4. The van der Waals surface area contributed by atoms with Crippen LogP contribution in [0.2, 0.25) is 5.02 Å². The standard InChI is InChI=1S/C20H22ClNO3S/c1-14-4-2-5-15(8-14)12-26-13-19(23)22-11-16-9-17(21)20-18(10-16)24-6-3-7-25-20/h2,4-5,8-10H,3,6-7,11-13H2,1H3,(H,22,23). The van der Waals surface area contributed by atoms with Gasteiger partial charge in [-0.25, -0.2) is 0 Å². The van der Waals surface area contributed by atoms with Gasteiger partial charge < -0.3 is 14.8 Å². The average molecular weight is 392 g/mol. The van der Waals surface area contributed by atoms with E-state index in [0.29, 0.717) is 42.0 Å². The van der Waals surface area contributed by atoms with E-state index in [1.54, 1.807) is 11.8 Å². The van der Waals surface area contributed by atoms with Crippen LogP contribution in [0.5, 0.6) is 11.5 Å². The number of hydrogen-bond acceptors (Lipinski definition) is 4. The highest BCUT2D eigenvalue weighted by Crippen LogP contribution is 2.37. The van der Waals surface area contributed by atoms with Gasteiger partial charge >= 0.3 is 0 Å². The Kier molecular flexibility index (Phi) is 6.69. The van der Waals surface area contributed by atoms with E-state index in [4.69, 9.17) is 21.1 Å². The fraction of sp³-hybridized carbons (Fsp3) is 0.350. The van der Waals surface area contributed by atoms with Crippen LogP contribution in [0.1, 0.15) is 23.1 Å². The zero-order valence-corrected chi connectivity index (χ0v) is 16.3. The lowest BCUT2D eigenvalue weighted by molar-refractivity contribution is -0.118. The number of ether oxygens (including phenoxy) is 2. The summed E-state index contributed by atoms with van der Waals surface area (Å²) in [5.41, 5.74) is 3.37. The minimum atomic E-state index is 0.00545. The third-order valence-electron chi connectivity index (χ3n) is 3.94. The molecular formula is C20H22ClNO3S. The SMILES string of the molecule is Cc1cccc(CSCC(=O)NCc2cc(Cl)c3c(c2)OCCCO3)c1. The van der Waals surface area contributed by atoms with Gasteiger partial charge in [-0.2, -0.15) is 0 Å². The Morgan fingerprint density at radius 3 is 2.88 bits per heavy atom. The molecule has 0 radical (unpaired) electrons. The van der Waals surface area contributed by atoms with E-state index >= 15 is 0 Å². The molecule has 1 N–H and O–H groups in total. The molecule has 6 heteroatoms. The predicted molar refractivity (Wildman–Crippen MR) is 106 cm³/mol. The Balaban J connectivity index is 1.48. The normalized spacial score (nSPS) is 13.2. The lowest BCUT2D eigenvalue weighted by atomic mass is 10.2. The molecular weight excluding hydrogens is 370 g/mol. The monoisotopic (exact) mass is 391 g/mol. The van der Waals surface area contributed by atoms with Crippen molar-refractivity contribution in [3.8, 4) is 11.5 Å². The molecule has 2 aromatic rings. The van der Waals surface area contributed by atoms with Crippen LogP contribution >= 0.6 is 23.4 Å². The molecule has 0 saturated carbocycles. The first-order valence-electron chi connectivity index (χ1n) is 8.60. The van der Waals surface area contributed by atoms with Crippen LogP contribution in [0.15, 0.2) is 36.4 Å². The smallest absolute Gasteiger partial charge is 0.230 e. The average Bonchev–Trinajstić information content (AvgIpc) is 2.86. The van der Waals surface area contributed by atoms with Gasteiger partial charge in [0.15, 0.2) is 11.5 Å². The third kappa shape index (κ3) is 5.32. The first kappa shape index (κ1) is 18.9. The minimum absolute atomic E-state index is 0.00545. The van der Waals surface area contributed by atoms with Crippen molar-refractivity contribution in [1.29, 1.82) is 0 Å². The second kappa shape index (κ2) is 9.19. The number of halogens is 1. The summed E-state index contributed by atoms with van der Waals surface area (Å²) < 4.78 is 11.3. The van der Waals surface area contributed by atoms with E-state index in [2.05, 4.69) is 30.4 Å². The summed E-state index contributed by atoms with van der Waals surface area (Å²) in [6, 6.07) is 12.0.